The Hall–Kier alpha value is -1.86. The molecule has 1 saturated heterocycles. The molecular formula is C13H14ClN5OS. The van der Waals surface area contributed by atoms with E-state index in [-0.39, 0.29) is 12.5 Å². The van der Waals surface area contributed by atoms with Crippen LogP contribution in [0.1, 0.15) is 0 Å². The molecule has 1 amide bonds. The van der Waals surface area contributed by atoms with Crippen molar-refractivity contribution < 1.29 is 4.79 Å². The molecule has 1 aliphatic heterocycles. The number of anilines is 3. The van der Waals surface area contributed by atoms with Gasteiger partial charge in [0.05, 0.1) is 11.5 Å². The first-order valence-corrected chi connectivity index (χ1v) is 7.73. The molecule has 0 aliphatic carbocycles. The van der Waals surface area contributed by atoms with E-state index in [0.717, 1.165) is 5.00 Å². The third-order valence-electron chi connectivity index (χ3n) is 3.32. The summed E-state index contributed by atoms with van der Waals surface area (Å²) in [4.78, 5) is 24.3. The third-order valence-corrected chi connectivity index (χ3v) is 4.50. The second-order valence-electron chi connectivity index (χ2n) is 4.53. The van der Waals surface area contributed by atoms with Crippen molar-refractivity contribution >= 4 is 45.4 Å². The number of carbonyl (C=O) groups excluding carboxylic acids is 1. The number of piperazine rings is 1. The minimum Gasteiger partial charge on any atom is -0.383 e. The summed E-state index contributed by atoms with van der Waals surface area (Å²) >= 11 is 7.63. The largest absolute Gasteiger partial charge is 0.383 e. The minimum absolute atomic E-state index is 0.0560. The summed E-state index contributed by atoms with van der Waals surface area (Å²) in [5.74, 6) is 0.720. The summed E-state index contributed by atoms with van der Waals surface area (Å²) in [6.45, 7) is 1.61. The van der Waals surface area contributed by atoms with E-state index >= 15 is 0 Å². The van der Waals surface area contributed by atoms with Gasteiger partial charge >= 0.3 is 0 Å². The van der Waals surface area contributed by atoms with Crippen LogP contribution in [0.25, 0.3) is 0 Å². The fraction of sp³-hybridized carbons (Fsp3) is 0.308. The van der Waals surface area contributed by atoms with Crippen molar-refractivity contribution in [2.75, 3.05) is 41.8 Å². The number of nitrogens with one attached hydrogen (secondary N) is 1. The van der Waals surface area contributed by atoms with Crippen molar-refractivity contribution in [3.63, 3.8) is 0 Å². The molecule has 1 aliphatic rings. The normalized spacial score (nSPS) is 15.4. The zero-order valence-corrected chi connectivity index (χ0v) is 13.0. The van der Waals surface area contributed by atoms with Gasteiger partial charge in [-0.25, -0.2) is 9.97 Å². The summed E-state index contributed by atoms with van der Waals surface area (Å²) in [5, 5.41) is 6.30. The highest BCUT2D eigenvalue weighted by molar-refractivity contribution is 7.14. The molecule has 0 aromatic carbocycles. The second-order valence-corrected chi connectivity index (χ2v) is 5.82. The smallest absolute Gasteiger partial charge is 0.247 e. The van der Waals surface area contributed by atoms with Crippen LogP contribution in [0.3, 0.4) is 0 Å². The van der Waals surface area contributed by atoms with Crippen LogP contribution < -0.4 is 15.1 Å². The van der Waals surface area contributed by atoms with Gasteiger partial charge in [-0.1, -0.05) is 11.6 Å². The van der Waals surface area contributed by atoms with Crippen molar-refractivity contribution in [2.45, 2.75) is 0 Å². The molecule has 0 atom stereocenters. The van der Waals surface area contributed by atoms with E-state index in [9.17, 15) is 4.79 Å². The number of carbonyl (C=O) groups is 1. The van der Waals surface area contributed by atoms with Gasteiger partial charge in [-0.15, -0.1) is 11.3 Å². The van der Waals surface area contributed by atoms with Crippen LogP contribution in [-0.4, -0.2) is 42.6 Å². The number of hydrogen-bond acceptors (Lipinski definition) is 6. The Bertz CT molecular complexity index is 648. The van der Waals surface area contributed by atoms with E-state index in [2.05, 4.69) is 15.3 Å². The second kappa shape index (κ2) is 5.87. The fourth-order valence-electron chi connectivity index (χ4n) is 2.32. The van der Waals surface area contributed by atoms with Crippen molar-refractivity contribution in [1.82, 2.24) is 9.97 Å². The maximum Gasteiger partial charge on any atom is 0.247 e. The standard InChI is InChI=1S/C13H14ClN5OS/c1-15-11-12(14)16-8-17-13(11)18-4-5-19(9(20)7-18)10-3-2-6-21-10/h2-3,6,8,15H,4-5,7H2,1H3. The Morgan fingerprint density at radius 3 is 2.90 bits per heavy atom. The van der Waals surface area contributed by atoms with E-state index in [1.54, 1.807) is 18.4 Å². The summed E-state index contributed by atoms with van der Waals surface area (Å²) in [7, 11) is 1.76. The maximum absolute atomic E-state index is 12.4. The van der Waals surface area contributed by atoms with E-state index in [4.69, 9.17) is 11.6 Å². The summed E-state index contributed by atoms with van der Waals surface area (Å²) in [6, 6.07) is 3.90. The Morgan fingerprint density at radius 2 is 2.24 bits per heavy atom. The highest BCUT2D eigenvalue weighted by Gasteiger charge is 2.28. The third kappa shape index (κ3) is 2.66. The van der Waals surface area contributed by atoms with E-state index in [1.807, 2.05) is 27.3 Å². The first-order chi connectivity index (χ1) is 10.2. The Morgan fingerprint density at radius 1 is 1.38 bits per heavy atom. The Kier molecular flexibility index (Phi) is 3.94. The summed E-state index contributed by atoms with van der Waals surface area (Å²) in [6.07, 6.45) is 1.41. The minimum atomic E-state index is 0.0560. The number of rotatable bonds is 3. The molecule has 3 heterocycles. The van der Waals surface area contributed by atoms with Crippen LogP contribution >= 0.6 is 22.9 Å². The molecule has 1 fully saturated rings. The van der Waals surface area contributed by atoms with E-state index < -0.39 is 0 Å². The van der Waals surface area contributed by atoms with Gasteiger partial charge in [-0.05, 0) is 17.5 Å². The predicted octanol–water partition coefficient (Wildman–Crippen LogP) is 2.09. The van der Waals surface area contributed by atoms with Crippen LogP contribution in [-0.2, 0) is 4.79 Å². The lowest BCUT2D eigenvalue weighted by Gasteiger charge is -2.34. The van der Waals surface area contributed by atoms with Crippen molar-refractivity contribution in [1.29, 1.82) is 0 Å². The average molecular weight is 324 g/mol. The number of amides is 1. The molecule has 0 unspecified atom stereocenters. The van der Waals surface area contributed by atoms with Crippen molar-refractivity contribution in [3.05, 3.63) is 29.0 Å². The molecule has 3 rings (SSSR count). The summed E-state index contributed by atoms with van der Waals surface area (Å²) < 4.78 is 0. The number of thiophene rings is 1. The molecule has 2 aromatic rings. The zero-order chi connectivity index (χ0) is 14.8. The zero-order valence-electron chi connectivity index (χ0n) is 11.4. The topological polar surface area (TPSA) is 61.4 Å². The van der Waals surface area contributed by atoms with Crippen molar-refractivity contribution in [2.24, 2.45) is 0 Å². The van der Waals surface area contributed by atoms with Crippen LogP contribution in [0.4, 0.5) is 16.5 Å². The molecular weight excluding hydrogens is 310 g/mol. The molecule has 21 heavy (non-hydrogen) atoms. The predicted molar refractivity (Wildman–Crippen MR) is 85.5 cm³/mol. The first kappa shape index (κ1) is 14.1. The fourth-order valence-corrected chi connectivity index (χ4v) is 3.32. The lowest BCUT2D eigenvalue weighted by Crippen LogP contribution is -2.50. The monoisotopic (exact) mass is 323 g/mol. The first-order valence-electron chi connectivity index (χ1n) is 6.47. The highest BCUT2D eigenvalue weighted by atomic mass is 35.5. The Labute approximate surface area is 131 Å². The van der Waals surface area contributed by atoms with Gasteiger partial charge in [-0.2, -0.15) is 0 Å². The lowest BCUT2D eigenvalue weighted by atomic mass is 10.3. The number of halogens is 1. The molecule has 0 saturated carbocycles. The van der Waals surface area contributed by atoms with Gasteiger partial charge in [0.15, 0.2) is 11.0 Å². The van der Waals surface area contributed by atoms with Gasteiger partial charge in [-0.3, -0.25) is 4.79 Å². The van der Waals surface area contributed by atoms with Crippen LogP contribution in [0.5, 0.6) is 0 Å². The van der Waals surface area contributed by atoms with E-state index in [0.29, 0.717) is 29.7 Å². The van der Waals surface area contributed by atoms with Gasteiger partial charge in [0, 0.05) is 20.1 Å². The molecule has 8 heteroatoms. The van der Waals surface area contributed by atoms with Crippen LogP contribution in [0, 0.1) is 0 Å². The average Bonchev–Trinajstić information content (AvgIpc) is 3.01. The van der Waals surface area contributed by atoms with E-state index in [1.165, 1.54) is 6.33 Å². The number of hydrogen-bond donors (Lipinski definition) is 1. The van der Waals surface area contributed by atoms with Crippen LogP contribution in [0.2, 0.25) is 5.15 Å². The quantitative estimate of drug-likeness (QED) is 0.876. The van der Waals surface area contributed by atoms with Gasteiger partial charge in [0.1, 0.15) is 12.0 Å². The SMILES string of the molecule is CNc1c(Cl)ncnc1N1CCN(c2cccs2)C(=O)C1. The number of nitrogens with zero attached hydrogens (tertiary/aromatic N) is 4. The lowest BCUT2D eigenvalue weighted by molar-refractivity contribution is -0.117. The molecule has 1 N–H and O–H groups in total. The van der Waals surface area contributed by atoms with Crippen LogP contribution in [0.15, 0.2) is 23.8 Å². The molecule has 0 bridgehead atoms. The maximum atomic E-state index is 12.4. The Balaban J connectivity index is 1.82. The van der Waals surface area contributed by atoms with Gasteiger partial charge in [0.2, 0.25) is 5.91 Å². The number of aromatic nitrogens is 2. The highest BCUT2D eigenvalue weighted by Crippen LogP contribution is 2.30. The van der Waals surface area contributed by atoms with Gasteiger partial charge < -0.3 is 15.1 Å². The van der Waals surface area contributed by atoms with Gasteiger partial charge in [0.25, 0.3) is 0 Å². The van der Waals surface area contributed by atoms with Crippen molar-refractivity contribution in [3.8, 4) is 0 Å². The molecule has 0 spiro atoms. The molecule has 0 radical (unpaired) electrons. The molecule has 2 aromatic heterocycles. The molecule has 6 nitrogen and oxygen atoms in total. The summed E-state index contributed by atoms with van der Waals surface area (Å²) in [5.41, 5.74) is 0.650. The molecule has 110 valence electrons.